The molecule has 2 saturated heterocycles. The second kappa shape index (κ2) is 7.11. The molecule has 2 fully saturated rings. The summed E-state index contributed by atoms with van der Waals surface area (Å²) in [5.74, 6) is 0.132. The minimum absolute atomic E-state index is 0.115. The standard InChI is InChI=1S/C18H23FN6O/c1-11-22-23-24-25(11)17(8-12-3-2-4-13(19)7-12)18(26)21-16-9-14-5-6-15(10-16)20-14/h2-4,7,14-17,20H,5-6,8-10H2,1H3,(H,21,26). The molecule has 3 heterocycles. The quantitative estimate of drug-likeness (QED) is 0.842. The number of hydrogen-bond donors (Lipinski definition) is 2. The van der Waals surface area contributed by atoms with E-state index < -0.39 is 6.04 Å². The average molecular weight is 358 g/mol. The number of piperidine rings is 1. The lowest BCUT2D eigenvalue weighted by atomic mass is 9.98. The molecule has 26 heavy (non-hydrogen) atoms. The third-order valence-electron chi connectivity index (χ3n) is 5.39. The van der Waals surface area contributed by atoms with Crippen LogP contribution >= 0.6 is 0 Å². The molecule has 0 saturated carbocycles. The number of aryl methyl sites for hydroxylation is 1. The third-order valence-corrected chi connectivity index (χ3v) is 5.39. The number of fused-ring (bicyclic) bond motifs is 2. The molecule has 0 aliphatic carbocycles. The maximum absolute atomic E-state index is 13.6. The monoisotopic (exact) mass is 358 g/mol. The summed E-state index contributed by atoms with van der Waals surface area (Å²) in [5, 5.41) is 18.3. The molecule has 3 atom stereocenters. The van der Waals surface area contributed by atoms with Crippen LogP contribution in [-0.2, 0) is 11.2 Å². The van der Waals surface area contributed by atoms with Gasteiger partial charge in [0.15, 0.2) is 0 Å². The van der Waals surface area contributed by atoms with E-state index in [0.29, 0.717) is 24.3 Å². The van der Waals surface area contributed by atoms with Gasteiger partial charge in [0.1, 0.15) is 17.7 Å². The summed E-state index contributed by atoms with van der Waals surface area (Å²) in [7, 11) is 0. The van der Waals surface area contributed by atoms with Crippen LogP contribution in [0.25, 0.3) is 0 Å². The lowest BCUT2D eigenvalue weighted by molar-refractivity contribution is -0.125. The maximum Gasteiger partial charge on any atom is 0.245 e. The van der Waals surface area contributed by atoms with E-state index >= 15 is 0 Å². The van der Waals surface area contributed by atoms with Gasteiger partial charge < -0.3 is 10.6 Å². The molecule has 4 rings (SSSR count). The molecule has 2 aliphatic heterocycles. The van der Waals surface area contributed by atoms with Crippen LogP contribution in [0.2, 0.25) is 0 Å². The summed E-state index contributed by atoms with van der Waals surface area (Å²) in [6.45, 7) is 1.76. The van der Waals surface area contributed by atoms with Crippen molar-refractivity contribution in [3.63, 3.8) is 0 Å². The van der Waals surface area contributed by atoms with Crippen LogP contribution in [0.4, 0.5) is 4.39 Å². The predicted octanol–water partition coefficient (Wildman–Crippen LogP) is 1.30. The zero-order chi connectivity index (χ0) is 18.1. The van der Waals surface area contributed by atoms with Gasteiger partial charge in [0.05, 0.1) is 0 Å². The van der Waals surface area contributed by atoms with Gasteiger partial charge in [-0.15, -0.1) is 5.10 Å². The Morgan fingerprint density at radius 1 is 1.38 bits per heavy atom. The third kappa shape index (κ3) is 3.60. The van der Waals surface area contributed by atoms with Crippen LogP contribution in [0.1, 0.15) is 43.1 Å². The van der Waals surface area contributed by atoms with E-state index in [2.05, 4.69) is 26.2 Å². The first-order chi connectivity index (χ1) is 12.6. The Morgan fingerprint density at radius 2 is 2.15 bits per heavy atom. The number of halogens is 1. The summed E-state index contributed by atoms with van der Waals surface area (Å²) < 4.78 is 15.1. The van der Waals surface area contributed by atoms with Gasteiger partial charge in [-0.3, -0.25) is 4.79 Å². The van der Waals surface area contributed by atoms with Crippen molar-refractivity contribution in [2.45, 2.75) is 63.2 Å². The van der Waals surface area contributed by atoms with Crippen molar-refractivity contribution in [3.05, 3.63) is 41.5 Å². The van der Waals surface area contributed by atoms with E-state index in [9.17, 15) is 9.18 Å². The molecular weight excluding hydrogens is 335 g/mol. The Balaban J connectivity index is 1.52. The first-order valence-corrected chi connectivity index (χ1v) is 9.14. The topological polar surface area (TPSA) is 84.7 Å². The Morgan fingerprint density at radius 3 is 2.81 bits per heavy atom. The highest BCUT2D eigenvalue weighted by Crippen LogP contribution is 2.27. The number of carbonyl (C=O) groups is 1. The van der Waals surface area contributed by atoms with Gasteiger partial charge in [-0.05, 0) is 60.7 Å². The zero-order valence-electron chi connectivity index (χ0n) is 14.7. The van der Waals surface area contributed by atoms with Crippen molar-refractivity contribution in [3.8, 4) is 0 Å². The maximum atomic E-state index is 13.6. The minimum Gasteiger partial charge on any atom is -0.351 e. The van der Waals surface area contributed by atoms with E-state index in [4.69, 9.17) is 0 Å². The molecule has 1 amide bonds. The Labute approximate surface area is 151 Å². The van der Waals surface area contributed by atoms with Crippen molar-refractivity contribution in [2.75, 3.05) is 0 Å². The Bertz CT molecular complexity index is 781. The number of nitrogens with one attached hydrogen (secondary N) is 2. The van der Waals surface area contributed by atoms with Crippen LogP contribution in [0.3, 0.4) is 0 Å². The summed E-state index contributed by atoms with van der Waals surface area (Å²) in [6, 6.07) is 6.86. The van der Waals surface area contributed by atoms with E-state index in [0.717, 1.165) is 18.4 Å². The van der Waals surface area contributed by atoms with Gasteiger partial charge in [-0.25, -0.2) is 9.07 Å². The van der Waals surface area contributed by atoms with E-state index in [-0.39, 0.29) is 17.8 Å². The first-order valence-electron chi connectivity index (χ1n) is 9.14. The van der Waals surface area contributed by atoms with Gasteiger partial charge in [0.25, 0.3) is 0 Å². The van der Waals surface area contributed by atoms with Crippen molar-refractivity contribution in [1.29, 1.82) is 0 Å². The first kappa shape index (κ1) is 17.1. The summed E-state index contributed by atoms with van der Waals surface area (Å²) in [6.07, 6.45) is 4.59. The fraction of sp³-hybridized carbons (Fsp3) is 0.556. The van der Waals surface area contributed by atoms with Crippen LogP contribution < -0.4 is 10.6 Å². The van der Waals surface area contributed by atoms with Gasteiger partial charge >= 0.3 is 0 Å². The highest BCUT2D eigenvalue weighted by Gasteiger charge is 2.35. The SMILES string of the molecule is Cc1nnnn1C(Cc1cccc(F)c1)C(=O)NC1CC2CCC(C1)N2. The molecule has 138 valence electrons. The summed E-state index contributed by atoms with van der Waals surface area (Å²) in [4.78, 5) is 13.0. The number of nitrogens with zero attached hydrogens (tertiary/aromatic N) is 4. The number of benzene rings is 1. The molecule has 1 aromatic heterocycles. The molecule has 0 spiro atoms. The van der Waals surface area contributed by atoms with Gasteiger partial charge in [0, 0.05) is 24.5 Å². The number of amides is 1. The van der Waals surface area contributed by atoms with Gasteiger partial charge in [0.2, 0.25) is 5.91 Å². The summed E-state index contributed by atoms with van der Waals surface area (Å²) >= 11 is 0. The summed E-state index contributed by atoms with van der Waals surface area (Å²) in [5.41, 5.74) is 0.741. The molecule has 2 aromatic rings. The smallest absolute Gasteiger partial charge is 0.245 e. The van der Waals surface area contributed by atoms with E-state index in [1.165, 1.54) is 29.7 Å². The lowest BCUT2D eigenvalue weighted by Crippen LogP contribution is -2.49. The Kier molecular flexibility index (Phi) is 4.67. The number of tetrazole rings is 1. The molecular formula is C18H23FN6O. The number of carbonyl (C=O) groups excluding carboxylic acids is 1. The molecule has 8 heteroatoms. The highest BCUT2D eigenvalue weighted by atomic mass is 19.1. The van der Waals surface area contributed by atoms with Crippen molar-refractivity contribution >= 4 is 5.91 Å². The van der Waals surface area contributed by atoms with Crippen molar-refractivity contribution < 1.29 is 9.18 Å². The number of rotatable bonds is 5. The van der Waals surface area contributed by atoms with Crippen molar-refractivity contribution in [2.24, 2.45) is 0 Å². The largest absolute Gasteiger partial charge is 0.351 e. The molecule has 0 radical (unpaired) electrons. The number of aromatic nitrogens is 4. The van der Waals surface area contributed by atoms with Crippen LogP contribution in [-0.4, -0.2) is 44.2 Å². The molecule has 7 nitrogen and oxygen atoms in total. The molecule has 2 N–H and O–H groups in total. The normalized spacial score (nSPS) is 25.8. The fourth-order valence-electron chi connectivity index (χ4n) is 4.18. The molecule has 3 unspecified atom stereocenters. The lowest BCUT2D eigenvalue weighted by Gasteiger charge is -2.31. The van der Waals surface area contributed by atoms with Crippen LogP contribution in [0, 0.1) is 12.7 Å². The minimum atomic E-state index is -0.598. The van der Waals surface area contributed by atoms with E-state index in [1.807, 2.05) is 6.07 Å². The zero-order valence-corrected chi connectivity index (χ0v) is 14.7. The average Bonchev–Trinajstić information content (AvgIpc) is 3.18. The number of hydrogen-bond acceptors (Lipinski definition) is 5. The van der Waals surface area contributed by atoms with Crippen LogP contribution in [0.15, 0.2) is 24.3 Å². The fourth-order valence-corrected chi connectivity index (χ4v) is 4.18. The second-order valence-corrected chi connectivity index (χ2v) is 7.34. The highest BCUT2D eigenvalue weighted by molar-refractivity contribution is 5.81. The Hall–Kier alpha value is -2.35. The van der Waals surface area contributed by atoms with Crippen LogP contribution in [0.5, 0.6) is 0 Å². The molecule has 1 aromatic carbocycles. The second-order valence-electron chi connectivity index (χ2n) is 7.34. The van der Waals surface area contributed by atoms with E-state index in [1.54, 1.807) is 13.0 Å². The van der Waals surface area contributed by atoms with Gasteiger partial charge in [-0.1, -0.05) is 12.1 Å². The van der Waals surface area contributed by atoms with Crippen molar-refractivity contribution in [1.82, 2.24) is 30.8 Å². The molecule has 2 bridgehead atoms. The van der Waals surface area contributed by atoms with Gasteiger partial charge in [-0.2, -0.15) is 0 Å². The predicted molar refractivity (Wildman–Crippen MR) is 92.8 cm³/mol. The molecule has 2 aliphatic rings.